The second-order valence-corrected chi connectivity index (χ2v) is 5.24. The van der Waals surface area contributed by atoms with Crippen LogP contribution in [0.15, 0.2) is 0 Å². The second-order valence-electron chi connectivity index (χ2n) is 5.24. The second kappa shape index (κ2) is 5.01. The van der Waals surface area contributed by atoms with Gasteiger partial charge >= 0.3 is 6.09 Å². The zero-order valence-electron chi connectivity index (χ0n) is 10.1. The standard InChI is InChI=1S/C11H21NO4/c1-11(2,3)16-10(15)12-9-7(13)5-4-6-8(9)14/h7-9,13-14H,4-6H2,1-3H3,(H,12,15)/t7-,8-/m1/s1. The fourth-order valence-electron chi connectivity index (χ4n) is 1.79. The van der Waals surface area contributed by atoms with Crippen LogP contribution < -0.4 is 5.32 Å². The number of alkyl carbamates (subject to hydrolysis) is 1. The molecule has 0 aromatic carbocycles. The van der Waals surface area contributed by atoms with Crippen LogP contribution >= 0.6 is 0 Å². The van der Waals surface area contributed by atoms with Gasteiger partial charge in [0.1, 0.15) is 5.60 Å². The molecule has 1 aliphatic rings. The van der Waals surface area contributed by atoms with Crippen molar-refractivity contribution < 1.29 is 19.7 Å². The van der Waals surface area contributed by atoms with E-state index in [1.165, 1.54) is 0 Å². The molecule has 0 spiro atoms. The average Bonchev–Trinajstić information content (AvgIpc) is 2.08. The summed E-state index contributed by atoms with van der Waals surface area (Å²) in [6.45, 7) is 5.29. The highest BCUT2D eigenvalue weighted by atomic mass is 16.6. The smallest absolute Gasteiger partial charge is 0.408 e. The molecular weight excluding hydrogens is 210 g/mol. The van der Waals surface area contributed by atoms with Crippen molar-refractivity contribution in [2.75, 3.05) is 0 Å². The Balaban J connectivity index is 2.48. The predicted molar refractivity (Wildman–Crippen MR) is 59.0 cm³/mol. The lowest BCUT2D eigenvalue weighted by molar-refractivity contribution is -0.00881. The van der Waals surface area contributed by atoms with Gasteiger partial charge in [-0.15, -0.1) is 0 Å². The molecular formula is C11H21NO4. The van der Waals surface area contributed by atoms with Crippen molar-refractivity contribution in [2.24, 2.45) is 0 Å². The topological polar surface area (TPSA) is 78.8 Å². The van der Waals surface area contributed by atoms with E-state index in [4.69, 9.17) is 4.74 Å². The number of hydrogen-bond donors (Lipinski definition) is 3. The van der Waals surface area contributed by atoms with Crippen molar-refractivity contribution in [3.05, 3.63) is 0 Å². The van der Waals surface area contributed by atoms with E-state index in [9.17, 15) is 15.0 Å². The van der Waals surface area contributed by atoms with E-state index < -0.39 is 29.9 Å². The normalized spacial score (nSPS) is 27.6. The average molecular weight is 231 g/mol. The summed E-state index contributed by atoms with van der Waals surface area (Å²) in [5.41, 5.74) is -0.575. The van der Waals surface area contributed by atoms with Crippen molar-refractivity contribution in [1.29, 1.82) is 0 Å². The van der Waals surface area contributed by atoms with Gasteiger partial charge in [-0.3, -0.25) is 0 Å². The maximum atomic E-state index is 11.5. The van der Waals surface area contributed by atoms with E-state index in [2.05, 4.69) is 5.32 Å². The molecule has 0 bridgehead atoms. The Morgan fingerprint density at radius 2 is 1.75 bits per heavy atom. The first-order valence-corrected chi connectivity index (χ1v) is 5.65. The minimum absolute atomic E-state index is 0.575. The van der Waals surface area contributed by atoms with E-state index in [1.807, 2.05) is 0 Å². The van der Waals surface area contributed by atoms with E-state index in [0.29, 0.717) is 12.8 Å². The number of rotatable bonds is 1. The number of aliphatic hydroxyl groups excluding tert-OH is 2. The molecule has 0 aromatic heterocycles. The number of carbonyl (C=O) groups is 1. The minimum atomic E-state index is -0.698. The fraction of sp³-hybridized carbons (Fsp3) is 0.909. The third-order valence-corrected chi connectivity index (χ3v) is 2.51. The quantitative estimate of drug-likeness (QED) is 0.623. The number of ether oxygens (including phenoxy) is 1. The Morgan fingerprint density at radius 3 is 2.19 bits per heavy atom. The largest absolute Gasteiger partial charge is 0.444 e. The van der Waals surface area contributed by atoms with Crippen LogP contribution in [0.1, 0.15) is 40.0 Å². The molecule has 2 atom stereocenters. The maximum absolute atomic E-state index is 11.5. The number of hydrogen-bond acceptors (Lipinski definition) is 4. The van der Waals surface area contributed by atoms with Gasteiger partial charge in [-0.25, -0.2) is 4.79 Å². The Hall–Kier alpha value is -0.810. The van der Waals surface area contributed by atoms with Crippen LogP contribution in [0.5, 0.6) is 0 Å². The van der Waals surface area contributed by atoms with Crippen LogP contribution in [0, 0.1) is 0 Å². The third kappa shape index (κ3) is 3.98. The summed E-state index contributed by atoms with van der Waals surface area (Å²) < 4.78 is 5.06. The van der Waals surface area contributed by atoms with Crippen LogP contribution in [-0.4, -0.2) is 40.2 Å². The van der Waals surface area contributed by atoms with Crippen LogP contribution in [0.25, 0.3) is 0 Å². The molecule has 5 nitrogen and oxygen atoms in total. The number of nitrogens with one attached hydrogen (secondary N) is 1. The zero-order chi connectivity index (χ0) is 12.3. The SMILES string of the molecule is CC(C)(C)OC(=O)NC1[C@H](O)CCC[C@H]1O. The molecule has 0 aliphatic heterocycles. The lowest BCUT2D eigenvalue weighted by Crippen LogP contribution is -2.53. The molecule has 0 radical (unpaired) electrons. The van der Waals surface area contributed by atoms with Crippen molar-refractivity contribution in [2.45, 2.75) is 63.9 Å². The molecule has 1 amide bonds. The van der Waals surface area contributed by atoms with Gasteiger partial charge in [0.05, 0.1) is 18.2 Å². The van der Waals surface area contributed by atoms with Crippen LogP contribution in [-0.2, 0) is 4.74 Å². The van der Waals surface area contributed by atoms with Gasteiger partial charge in [0.25, 0.3) is 0 Å². The monoisotopic (exact) mass is 231 g/mol. The van der Waals surface area contributed by atoms with Crippen LogP contribution in [0.3, 0.4) is 0 Å². The van der Waals surface area contributed by atoms with Gasteiger partial charge < -0.3 is 20.3 Å². The molecule has 0 aromatic rings. The number of carbonyl (C=O) groups excluding carboxylic acids is 1. The van der Waals surface area contributed by atoms with Crippen LogP contribution in [0.4, 0.5) is 4.79 Å². The molecule has 1 fully saturated rings. The molecule has 16 heavy (non-hydrogen) atoms. The van der Waals surface area contributed by atoms with Crippen molar-refractivity contribution in [1.82, 2.24) is 5.32 Å². The first kappa shape index (κ1) is 13.3. The van der Waals surface area contributed by atoms with Gasteiger partial charge in [-0.05, 0) is 40.0 Å². The van der Waals surface area contributed by atoms with Gasteiger partial charge in [0, 0.05) is 0 Å². The summed E-state index contributed by atoms with van der Waals surface area (Å²) in [4.78, 5) is 11.5. The van der Waals surface area contributed by atoms with Crippen molar-refractivity contribution in [3.8, 4) is 0 Å². The lowest BCUT2D eigenvalue weighted by atomic mass is 9.90. The molecule has 1 saturated carbocycles. The predicted octanol–water partition coefficient (Wildman–Crippen LogP) is 0.785. The molecule has 0 saturated heterocycles. The Kier molecular flexibility index (Phi) is 4.15. The highest BCUT2D eigenvalue weighted by Crippen LogP contribution is 2.19. The summed E-state index contributed by atoms with van der Waals surface area (Å²) in [6, 6.07) is -0.622. The molecule has 94 valence electrons. The Labute approximate surface area is 95.8 Å². The Bertz CT molecular complexity index is 239. The molecule has 0 heterocycles. The zero-order valence-corrected chi connectivity index (χ0v) is 10.1. The first-order valence-electron chi connectivity index (χ1n) is 5.65. The highest BCUT2D eigenvalue weighted by molar-refractivity contribution is 5.68. The molecule has 5 heteroatoms. The molecule has 3 N–H and O–H groups in total. The highest BCUT2D eigenvalue weighted by Gasteiger charge is 2.33. The van der Waals surface area contributed by atoms with Crippen molar-refractivity contribution >= 4 is 6.09 Å². The molecule has 1 aliphatic carbocycles. The maximum Gasteiger partial charge on any atom is 0.408 e. The van der Waals surface area contributed by atoms with E-state index in [-0.39, 0.29) is 0 Å². The van der Waals surface area contributed by atoms with Gasteiger partial charge in [-0.2, -0.15) is 0 Å². The summed E-state index contributed by atoms with van der Waals surface area (Å²) in [5.74, 6) is 0. The summed E-state index contributed by atoms with van der Waals surface area (Å²) in [6.07, 6.45) is -0.0332. The molecule has 0 unspecified atom stereocenters. The van der Waals surface area contributed by atoms with Gasteiger partial charge in [0.2, 0.25) is 0 Å². The molecule has 1 rings (SSSR count). The van der Waals surface area contributed by atoms with Crippen LogP contribution in [0.2, 0.25) is 0 Å². The Morgan fingerprint density at radius 1 is 1.25 bits per heavy atom. The number of aliphatic hydroxyl groups is 2. The first-order chi connectivity index (χ1) is 7.29. The summed E-state index contributed by atoms with van der Waals surface area (Å²) >= 11 is 0. The van der Waals surface area contributed by atoms with E-state index in [1.54, 1.807) is 20.8 Å². The van der Waals surface area contributed by atoms with E-state index >= 15 is 0 Å². The van der Waals surface area contributed by atoms with Gasteiger partial charge in [-0.1, -0.05) is 0 Å². The third-order valence-electron chi connectivity index (χ3n) is 2.51. The number of amides is 1. The summed E-state index contributed by atoms with van der Waals surface area (Å²) in [5, 5.41) is 21.8. The van der Waals surface area contributed by atoms with Gasteiger partial charge in [0.15, 0.2) is 0 Å². The summed E-state index contributed by atoms with van der Waals surface area (Å²) in [7, 11) is 0. The minimum Gasteiger partial charge on any atom is -0.444 e. The van der Waals surface area contributed by atoms with Crippen molar-refractivity contribution in [3.63, 3.8) is 0 Å². The van der Waals surface area contributed by atoms with E-state index in [0.717, 1.165) is 6.42 Å². The lowest BCUT2D eigenvalue weighted by Gasteiger charge is -2.33. The fourth-order valence-corrected chi connectivity index (χ4v) is 1.79.